The topological polar surface area (TPSA) is 48.4 Å². The molecule has 0 unspecified atom stereocenters. The molecule has 0 radical (unpaired) electrons. The van der Waals surface area contributed by atoms with E-state index in [0.717, 1.165) is 21.0 Å². The second-order valence-electron chi connectivity index (χ2n) is 7.33. The second kappa shape index (κ2) is 10.7. The van der Waals surface area contributed by atoms with Crippen LogP contribution in [0.4, 0.5) is 17.6 Å². The number of carbonyl (C=O) groups excluding carboxylic acids is 1. The van der Waals surface area contributed by atoms with Crippen molar-refractivity contribution in [3.8, 4) is 5.75 Å². The van der Waals surface area contributed by atoms with Gasteiger partial charge in [-0.3, -0.25) is 0 Å². The van der Waals surface area contributed by atoms with Crippen molar-refractivity contribution in [1.82, 2.24) is 4.98 Å². The Hall–Kier alpha value is -2.33. The molecule has 0 aliphatic heterocycles. The highest BCUT2D eigenvalue weighted by molar-refractivity contribution is 7.98. The smallest absolute Gasteiger partial charge is 0.412 e. The molecule has 0 spiro atoms. The van der Waals surface area contributed by atoms with E-state index >= 15 is 0 Å². The Morgan fingerprint density at radius 1 is 1.24 bits per heavy atom. The Labute approximate surface area is 197 Å². The highest BCUT2D eigenvalue weighted by Gasteiger charge is 2.36. The van der Waals surface area contributed by atoms with Crippen LogP contribution in [0.2, 0.25) is 0 Å². The van der Waals surface area contributed by atoms with Crippen LogP contribution in [0.5, 0.6) is 5.75 Å². The van der Waals surface area contributed by atoms with Gasteiger partial charge in [0.15, 0.2) is 6.61 Å². The summed E-state index contributed by atoms with van der Waals surface area (Å²) in [4.78, 5) is 17.8. The van der Waals surface area contributed by atoms with E-state index in [4.69, 9.17) is 9.47 Å². The Balaban J connectivity index is 1.66. The van der Waals surface area contributed by atoms with E-state index in [1.54, 1.807) is 24.8 Å². The fourth-order valence-electron chi connectivity index (χ4n) is 3.18. The number of benzene rings is 1. The van der Waals surface area contributed by atoms with Gasteiger partial charge in [0.05, 0.1) is 12.3 Å². The van der Waals surface area contributed by atoms with Crippen molar-refractivity contribution >= 4 is 34.6 Å². The number of ether oxygens (including phenoxy) is 2. The Kier molecular flexibility index (Phi) is 8.23. The molecule has 0 N–H and O–H groups in total. The van der Waals surface area contributed by atoms with Gasteiger partial charge in [-0.15, -0.1) is 23.1 Å². The minimum atomic E-state index is -4.51. The third kappa shape index (κ3) is 6.60. The lowest BCUT2D eigenvalue weighted by atomic mass is 9.97. The molecule has 0 amide bonds. The molecule has 0 saturated heterocycles. The molecule has 0 saturated carbocycles. The maximum Gasteiger partial charge on any atom is 0.412 e. The highest BCUT2D eigenvalue weighted by atomic mass is 32.2. The summed E-state index contributed by atoms with van der Waals surface area (Å²) in [5.41, 5.74) is 0.983. The van der Waals surface area contributed by atoms with Gasteiger partial charge in [0.1, 0.15) is 16.6 Å². The van der Waals surface area contributed by atoms with E-state index < -0.39 is 23.5 Å². The van der Waals surface area contributed by atoms with E-state index in [-0.39, 0.29) is 25.0 Å². The molecule has 4 nitrogen and oxygen atoms in total. The molecule has 1 aromatic heterocycles. The van der Waals surface area contributed by atoms with E-state index in [1.165, 1.54) is 11.3 Å². The summed E-state index contributed by atoms with van der Waals surface area (Å²) in [6, 6.07) is 5.60. The number of hydrogen-bond donors (Lipinski definition) is 0. The molecule has 0 fully saturated rings. The molecule has 3 rings (SSSR count). The molecule has 2 aromatic rings. The number of thioether (sulfide) groups is 1. The number of allylic oxidation sites excluding steroid dienone is 4. The number of nitrogens with zero attached hydrogens (tertiary/aromatic N) is 1. The first-order valence-electron chi connectivity index (χ1n) is 10.2. The predicted octanol–water partition coefficient (Wildman–Crippen LogP) is 6.96. The van der Waals surface area contributed by atoms with E-state index in [9.17, 15) is 22.4 Å². The molecule has 1 aliphatic carbocycles. The third-order valence-corrected chi connectivity index (χ3v) is 7.34. The van der Waals surface area contributed by atoms with Crippen molar-refractivity contribution in [1.29, 1.82) is 0 Å². The van der Waals surface area contributed by atoms with Gasteiger partial charge in [-0.25, -0.2) is 14.2 Å². The van der Waals surface area contributed by atoms with Crippen molar-refractivity contribution < 1.29 is 31.8 Å². The number of thiazole rings is 1. The van der Waals surface area contributed by atoms with Crippen LogP contribution in [0.3, 0.4) is 0 Å². The molecule has 0 bridgehead atoms. The van der Waals surface area contributed by atoms with Crippen LogP contribution in [-0.4, -0.2) is 30.3 Å². The van der Waals surface area contributed by atoms with Gasteiger partial charge in [0.25, 0.3) is 0 Å². The molecule has 1 heterocycles. The van der Waals surface area contributed by atoms with Crippen LogP contribution in [0.15, 0.2) is 40.6 Å². The van der Waals surface area contributed by atoms with Crippen LogP contribution in [-0.2, 0) is 15.3 Å². The summed E-state index contributed by atoms with van der Waals surface area (Å²) in [5, 5.41) is 0.428. The molecular weight excluding hydrogens is 478 g/mol. The van der Waals surface area contributed by atoms with Gasteiger partial charge in [0.2, 0.25) is 0 Å². The number of rotatable bonds is 8. The van der Waals surface area contributed by atoms with Gasteiger partial charge in [0, 0.05) is 26.7 Å². The van der Waals surface area contributed by atoms with Gasteiger partial charge in [-0.05, 0) is 63.5 Å². The Morgan fingerprint density at radius 2 is 2.00 bits per heavy atom. The van der Waals surface area contributed by atoms with Crippen LogP contribution < -0.4 is 4.74 Å². The number of esters is 1. The summed E-state index contributed by atoms with van der Waals surface area (Å²) in [6.07, 6.45) is -4.21. The van der Waals surface area contributed by atoms with Crippen LogP contribution in [0.25, 0.3) is 5.57 Å². The molecule has 0 atom stereocenters. The first-order chi connectivity index (χ1) is 15.6. The van der Waals surface area contributed by atoms with E-state index in [0.29, 0.717) is 29.2 Å². The van der Waals surface area contributed by atoms with Gasteiger partial charge in [-0.1, -0.05) is 0 Å². The van der Waals surface area contributed by atoms with Gasteiger partial charge < -0.3 is 9.47 Å². The lowest BCUT2D eigenvalue weighted by Crippen LogP contribution is -2.14. The monoisotopic (exact) mass is 501 g/mol. The third-order valence-electron chi connectivity index (χ3n) is 4.92. The standard InChI is InChI=1S/C23H23F4NO3S2/c1-4-30-21(29)11-31-19-8-6-16(9-13(19)2)32-12-20-14(3)28-22(33-20)17-7-5-15(10-18(17)24)23(25,26)27/h6,8-10H,4-5,7,11-12H2,1-3H3. The molecule has 1 aliphatic rings. The van der Waals surface area contributed by atoms with Crippen molar-refractivity contribution in [2.45, 2.75) is 50.4 Å². The van der Waals surface area contributed by atoms with Crippen LogP contribution in [0.1, 0.15) is 40.9 Å². The normalized spacial score (nSPS) is 14.3. The average molecular weight is 502 g/mol. The first-order valence-corrected chi connectivity index (χ1v) is 12.0. The van der Waals surface area contributed by atoms with Crippen molar-refractivity contribution in [3.63, 3.8) is 0 Å². The van der Waals surface area contributed by atoms with E-state index in [2.05, 4.69) is 4.98 Å². The van der Waals surface area contributed by atoms with E-state index in [1.807, 2.05) is 26.0 Å². The zero-order valence-electron chi connectivity index (χ0n) is 18.3. The molecule has 10 heteroatoms. The summed E-state index contributed by atoms with van der Waals surface area (Å²) >= 11 is 2.86. The summed E-state index contributed by atoms with van der Waals surface area (Å²) in [5.74, 6) is -0.114. The molecule has 1 aromatic carbocycles. The summed E-state index contributed by atoms with van der Waals surface area (Å²) in [7, 11) is 0. The van der Waals surface area contributed by atoms with Crippen molar-refractivity contribution in [2.24, 2.45) is 0 Å². The largest absolute Gasteiger partial charge is 0.482 e. The average Bonchev–Trinajstić information content (AvgIpc) is 3.11. The predicted molar refractivity (Wildman–Crippen MR) is 121 cm³/mol. The highest BCUT2D eigenvalue weighted by Crippen LogP contribution is 2.41. The summed E-state index contributed by atoms with van der Waals surface area (Å²) < 4.78 is 63.2. The lowest BCUT2D eigenvalue weighted by Gasteiger charge is -2.17. The summed E-state index contributed by atoms with van der Waals surface area (Å²) in [6.45, 7) is 5.56. The maximum atomic E-state index is 14.4. The minimum Gasteiger partial charge on any atom is -0.482 e. The lowest BCUT2D eigenvalue weighted by molar-refractivity contribution is -0.145. The SMILES string of the molecule is CCOC(=O)COc1ccc(SCc2sc(C3=C(F)C=C(C(F)(F)F)CC3)nc2C)cc1C. The number of aromatic nitrogens is 1. The van der Waals surface area contributed by atoms with Crippen molar-refractivity contribution in [3.05, 3.63) is 56.8 Å². The molecule has 178 valence electrons. The number of alkyl halides is 3. The molecular formula is C23H23F4NO3S2. The maximum absolute atomic E-state index is 14.4. The van der Waals surface area contributed by atoms with Crippen LogP contribution in [0, 0.1) is 13.8 Å². The Morgan fingerprint density at radius 3 is 2.64 bits per heavy atom. The fourth-order valence-corrected chi connectivity index (χ4v) is 5.45. The van der Waals surface area contributed by atoms with Crippen LogP contribution >= 0.6 is 23.1 Å². The number of halogens is 4. The number of hydrogen-bond acceptors (Lipinski definition) is 6. The first kappa shape index (κ1) is 25.3. The Bertz CT molecular complexity index is 1090. The molecule has 33 heavy (non-hydrogen) atoms. The number of carbonyl (C=O) groups is 1. The van der Waals surface area contributed by atoms with Gasteiger partial charge >= 0.3 is 12.1 Å². The van der Waals surface area contributed by atoms with Gasteiger partial charge in [-0.2, -0.15) is 13.2 Å². The number of aryl methyl sites for hydroxylation is 2. The fraction of sp³-hybridized carbons (Fsp3) is 0.391. The quantitative estimate of drug-likeness (QED) is 0.222. The van der Waals surface area contributed by atoms with Crippen molar-refractivity contribution in [2.75, 3.05) is 13.2 Å². The second-order valence-corrected chi connectivity index (χ2v) is 9.46. The minimum absolute atomic E-state index is 0.0246. The zero-order valence-corrected chi connectivity index (χ0v) is 20.0. The zero-order chi connectivity index (χ0) is 24.2.